The van der Waals surface area contributed by atoms with Crippen molar-refractivity contribution in [2.24, 2.45) is 0 Å². The van der Waals surface area contributed by atoms with E-state index in [9.17, 15) is 4.79 Å². The third-order valence-electron chi connectivity index (χ3n) is 2.07. The second-order valence-electron chi connectivity index (χ2n) is 3.26. The van der Waals surface area contributed by atoms with Crippen molar-refractivity contribution in [1.29, 1.82) is 0 Å². The van der Waals surface area contributed by atoms with Gasteiger partial charge in [-0.1, -0.05) is 18.2 Å². The Kier molecular flexibility index (Phi) is 5.29. The fourth-order valence-electron chi connectivity index (χ4n) is 1.34. The second kappa shape index (κ2) is 6.80. The van der Waals surface area contributed by atoms with Crippen LogP contribution in [0.15, 0.2) is 24.3 Å². The highest BCUT2D eigenvalue weighted by Gasteiger charge is 2.02. The number of aliphatic hydroxyl groups excluding tert-OH is 1. The molecule has 0 aliphatic heterocycles. The first-order chi connectivity index (χ1) is 7.81. The first kappa shape index (κ1) is 12.5. The van der Waals surface area contributed by atoms with Crippen molar-refractivity contribution >= 4 is 12.4 Å². The predicted molar refractivity (Wildman–Crippen MR) is 63.7 cm³/mol. The first-order valence-electron chi connectivity index (χ1n) is 5.31. The molecule has 0 saturated carbocycles. The lowest BCUT2D eigenvalue weighted by Gasteiger charge is -2.06. The lowest BCUT2D eigenvalue weighted by Crippen LogP contribution is -1.96. The molecule has 3 nitrogen and oxygen atoms in total. The van der Waals surface area contributed by atoms with E-state index in [0.29, 0.717) is 24.3 Å². The van der Waals surface area contributed by atoms with Gasteiger partial charge in [-0.3, -0.25) is 4.79 Å². The standard InChI is InChI=1S/C13H16O3/c1-2-16-13-7-6-11(5-3-4-8-14)9-12(13)10-15/h3,5-7,9-10,14H,2,4,8H2,1H3. The number of rotatable bonds is 6. The molecule has 0 unspecified atom stereocenters. The summed E-state index contributed by atoms with van der Waals surface area (Å²) >= 11 is 0. The maximum Gasteiger partial charge on any atom is 0.153 e. The lowest BCUT2D eigenvalue weighted by atomic mass is 10.1. The summed E-state index contributed by atoms with van der Waals surface area (Å²) in [6.07, 6.45) is 5.14. The Morgan fingerprint density at radius 3 is 2.88 bits per heavy atom. The number of hydrogen-bond donors (Lipinski definition) is 1. The van der Waals surface area contributed by atoms with Crippen LogP contribution in [0.4, 0.5) is 0 Å². The van der Waals surface area contributed by atoms with Crippen molar-refractivity contribution in [2.45, 2.75) is 13.3 Å². The Morgan fingerprint density at radius 2 is 2.25 bits per heavy atom. The van der Waals surface area contributed by atoms with Crippen molar-refractivity contribution < 1.29 is 14.6 Å². The van der Waals surface area contributed by atoms with Gasteiger partial charge >= 0.3 is 0 Å². The topological polar surface area (TPSA) is 46.5 Å². The maximum atomic E-state index is 10.8. The average molecular weight is 220 g/mol. The van der Waals surface area contributed by atoms with E-state index in [1.165, 1.54) is 0 Å². The maximum absolute atomic E-state index is 10.8. The number of hydrogen-bond acceptors (Lipinski definition) is 3. The van der Waals surface area contributed by atoms with Gasteiger partial charge in [0.1, 0.15) is 5.75 Å². The minimum Gasteiger partial charge on any atom is -0.493 e. The summed E-state index contributed by atoms with van der Waals surface area (Å²) in [5.41, 5.74) is 1.48. The predicted octanol–water partition coefficient (Wildman–Crippen LogP) is 2.29. The van der Waals surface area contributed by atoms with E-state index in [-0.39, 0.29) is 6.61 Å². The summed E-state index contributed by atoms with van der Waals surface area (Å²) in [6, 6.07) is 5.43. The number of carbonyl (C=O) groups excluding carboxylic acids is 1. The molecule has 0 aromatic heterocycles. The Hall–Kier alpha value is -1.61. The molecule has 1 aromatic rings. The quantitative estimate of drug-likeness (QED) is 0.748. The van der Waals surface area contributed by atoms with Crippen LogP contribution < -0.4 is 4.74 Å². The highest BCUT2D eigenvalue weighted by Crippen LogP contribution is 2.19. The van der Waals surface area contributed by atoms with Gasteiger partial charge in [0.2, 0.25) is 0 Å². The van der Waals surface area contributed by atoms with Crippen LogP contribution in [0.2, 0.25) is 0 Å². The fraction of sp³-hybridized carbons (Fsp3) is 0.308. The minimum atomic E-state index is 0.133. The Bertz CT molecular complexity index is 369. The van der Waals surface area contributed by atoms with Crippen molar-refractivity contribution in [3.63, 3.8) is 0 Å². The van der Waals surface area contributed by atoms with Crippen LogP contribution in [0.5, 0.6) is 5.75 Å². The number of carbonyl (C=O) groups is 1. The average Bonchev–Trinajstić information content (AvgIpc) is 2.31. The molecule has 0 heterocycles. The molecule has 0 aliphatic carbocycles. The van der Waals surface area contributed by atoms with Crippen LogP contribution in [0.1, 0.15) is 29.3 Å². The van der Waals surface area contributed by atoms with E-state index in [2.05, 4.69) is 0 Å². The number of ether oxygens (including phenoxy) is 1. The van der Waals surface area contributed by atoms with Gasteiger partial charge in [0.25, 0.3) is 0 Å². The van der Waals surface area contributed by atoms with E-state index in [4.69, 9.17) is 9.84 Å². The highest BCUT2D eigenvalue weighted by molar-refractivity contribution is 5.80. The lowest BCUT2D eigenvalue weighted by molar-refractivity contribution is 0.112. The third kappa shape index (κ3) is 3.51. The second-order valence-corrected chi connectivity index (χ2v) is 3.26. The van der Waals surface area contributed by atoms with Gasteiger partial charge in [0, 0.05) is 6.61 Å². The van der Waals surface area contributed by atoms with Crippen molar-refractivity contribution in [3.8, 4) is 5.75 Å². The summed E-state index contributed by atoms with van der Waals surface area (Å²) in [4.78, 5) is 10.8. The highest BCUT2D eigenvalue weighted by atomic mass is 16.5. The van der Waals surface area contributed by atoms with Gasteiger partial charge < -0.3 is 9.84 Å². The normalized spacial score (nSPS) is 10.6. The molecule has 0 fully saturated rings. The zero-order chi connectivity index (χ0) is 11.8. The van der Waals surface area contributed by atoms with Crippen molar-refractivity contribution in [3.05, 3.63) is 35.4 Å². The zero-order valence-electron chi connectivity index (χ0n) is 9.35. The van der Waals surface area contributed by atoms with E-state index in [0.717, 1.165) is 11.8 Å². The van der Waals surface area contributed by atoms with Gasteiger partial charge in [-0.05, 0) is 31.0 Å². The molecule has 1 N–H and O–H groups in total. The van der Waals surface area contributed by atoms with Crippen LogP contribution in [0.25, 0.3) is 6.08 Å². The van der Waals surface area contributed by atoms with E-state index >= 15 is 0 Å². The molecular weight excluding hydrogens is 204 g/mol. The molecular formula is C13H16O3. The van der Waals surface area contributed by atoms with Crippen LogP contribution in [-0.2, 0) is 0 Å². The van der Waals surface area contributed by atoms with Crippen LogP contribution in [0, 0.1) is 0 Å². The molecule has 0 bridgehead atoms. The van der Waals surface area contributed by atoms with Gasteiger partial charge in [-0.2, -0.15) is 0 Å². The van der Waals surface area contributed by atoms with E-state index < -0.39 is 0 Å². The molecule has 0 radical (unpaired) electrons. The van der Waals surface area contributed by atoms with Crippen molar-refractivity contribution in [1.82, 2.24) is 0 Å². The Labute approximate surface area is 95.4 Å². The van der Waals surface area contributed by atoms with Crippen LogP contribution in [-0.4, -0.2) is 24.6 Å². The molecule has 0 aliphatic rings. The molecule has 0 amide bonds. The molecule has 1 rings (SSSR count). The molecule has 86 valence electrons. The monoisotopic (exact) mass is 220 g/mol. The Morgan fingerprint density at radius 1 is 1.44 bits per heavy atom. The summed E-state index contributed by atoms with van der Waals surface area (Å²) in [5.74, 6) is 0.608. The molecule has 0 atom stereocenters. The van der Waals surface area contributed by atoms with Gasteiger partial charge in [0.05, 0.1) is 12.2 Å². The summed E-state index contributed by atoms with van der Waals surface area (Å²) < 4.78 is 5.31. The van der Waals surface area contributed by atoms with Gasteiger partial charge in [-0.15, -0.1) is 0 Å². The largest absolute Gasteiger partial charge is 0.493 e. The first-order valence-corrected chi connectivity index (χ1v) is 5.31. The zero-order valence-corrected chi connectivity index (χ0v) is 9.35. The molecule has 0 saturated heterocycles. The summed E-state index contributed by atoms with van der Waals surface area (Å²) in [7, 11) is 0. The smallest absolute Gasteiger partial charge is 0.153 e. The van der Waals surface area contributed by atoms with Crippen LogP contribution >= 0.6 is 0 Å². The molecule has 16 heavy (non-hydrogen) atoms. The number of aliphatic hydroxyl groups is 1. The number of aldehydes is 1. The number of benzene rings is 1. The molecule has 1 aromatic carbocycles. The van der Waals surface area contributed by atoms with E-state index in [1.807, 2.05) is 25.1 Å². The van der Waals surface area contributed by atoms with Crippen molar-refractivity contribution in [2.75, 3.05) is 13.2 Å². The SMILES string of the molecule is CCOc1ccc(C=CCCO)cc1C=O. The summed E-state index contributed by atoms with van der Waals surface area (Å²) in [6.45, 7) is 2.55. The third-order valence-corrected chi connectivity index (χ3v) is 2.07. The van der Waals surface area contributed by atoms with Gasteiger partial charge in [-0.25, -0.2) is 0 Å². The summed E-state index contributed by atoms with van der Waals surface area (Å²) in [5, 5.41) is 8.63. The fourth-order valence-corrected chi connectivity index (χ4v) is 1.34. The van der Waals surface area contributed by atoms with E-state index in [1.54, 1.807) is 12.1 Å². The van der Waals surface area contributed by atoms with Gasteiger partial charge in [0.15, 0.2) is 6.29 Å². The Balaban J connectivity index is 2.86. The molecule has 0 spiro atoms. The minimum absolute atomic E-state index is 0.133. The van der Waals surface area contributed by atoms with Crippen LogP contribution in [0.3, 0.4) is 0 Å². The molecule has 3 heteroatoms.